The van der Waals surface area contributed by atoms with Gasteiger partial charge >= 0.3 is 0 Å². The maximum Gasteiger partial charge on any atom is 0.193 e. The summed E-state index contributed by atoms with van der Waals surface area (Å²) in [4.78, 5) is 4.21. The van der Waals surface area contributed by atoms with Crippen LogP contribution >= 0.6 is 0 Å². The summed E-state index contributed by atoms with van der Waals surface area (Å²) >= 11 is 0. The lowest BCUT2D eigenvalue weighted by molar-refractivity contribution is 0.0702. The number of methoxy groups -OCH3 is 1. The third-order valence-corrected chi connectivity index (χ3v) is 2.21. The maximum atomic E-state index is 5.75. The van der Waals surface area contributed by atoms with E-state index in [0.717, 1.165) is 12.1 Å². The van der Waals surface area contributed by atoms with Crippen LogP contribution in [0.15, 0.2) is 35.3 Å². The van der Waals surface area contributed by atoms with Gasteiger partial charge in [-0.25, -0.2) is 0 Å². The Labute approximate surface area is 108 Å². The molecule has 0 bridgehead atoms. The van der Waals surface area contributed by atoms with E-state index in [0.29, 0.717) is 32.3 Å². The second-order valence-electron chi connectivity index (χ2n) is 3.72. The molecule has 0 aliphatic heterocycles. The average molecular weight is 251 g/mol. The summed E-state index contributed by atoms with van der Waals surface area (Å²) in [7, 11) is 1.66. The third-order valence-electron chi connectivity index (χ3n) is 2.21. The van der Waals surface area contributed by atoms with Crippen molar-refractivity contribution in [3.63, 3.8) is 0 Å². The highest BCUT2D eigenvalue weighted by molar-refractivity contribution is 5.92. The fraction of sp³-hybridized carbons (Fsp3) is 0.462. The number of hydrogen-bond donors (Lipinski definition) is 2. The van der Waals surface area contributed by atoms with Gasteiger partial charge in [0.1, 0.15) is 0 Å². The Balaban J connectivity index is 2.11. The Kier molecular flexibility index (Phi) is 7.59. The summed E-state index contributed by atoms with van der Waals surface area (Å²) in [6.45, 7) is 2.57. The summed E-state index contributed by atoms with van der Waals surface area (Å²) in [5.41, 5.74) is 6.69. The largest absolute Gasteiger partial charge is 0.382 e. The summed E-state index contributed by atoms with van der Waals surface area (Å²) in [5, 5.41) is 3.02. The second-order valence-corrected chi connectivity index (χ2v) is 3.72. The van der Waals surface area contributed by atoms with Gasteiger partial charge < -0.3 is 20.5 Å². The highest BCUT2D eigenvalue weighted by atomic mass is 16.5. The molecule has 0 amide bonds. The molecule has 5 heteroatoms. The van der Waals surface area contributed by atoms with Gasteiger partial charge in [-0.2, -0.15) is 0 Å². The van der Waals surface area contributed by atoms with Crippen molar-refractivity contribution in [2.24, 2.45) is 10.7 Å². The molecule has 5 nitrogen and oxygen atoms in total. The first kappa shape index (κ1) is 14.5. The van der Waals surface area contributed by atoms with Gasteiger partial charge in [-0.1, -0.05) is 18.2 Å². The van der Waals surface area contributed by atoms with Crippen LogP contribution in [0.4, 0.5) is 5.69 Å². The molecule has 18 heavy (non-hydrogen) atoms. The first-order valence-electron chi connectivity index (χ1n) is 6.01. The van der Waals surface area contributed by atoms with Crippen molar-refractivity contribution >= 4 is 11.6 Å². The molecule has 0 aromatic heterocycles. The van der Waals surface area contributed by atoms with E-state index in [1.54, 1.807) is 7.11 Å². The van der Waals surface area contributed by atoms with Crippen LogP contribution in [0.2, 0.25) is 0 Å². The van der Waals surface area contributed by atoms with Gasteiger partial charge in [-0.15, -0.1) is 0 Å². The molecule has 0 fully saturated rings. The van der Waals surface area contributed by atoms with Crippen LogP contribution in [0.5, 0.6) is 0 Å². The number of nitrogens with zero attached hydrogens (tertiary/aromatic N) is 1. The van der Waals surface area contributed by atoms with E-state index in [9.17, 15) is 0 Å². The normalized spacial score (nSPS) is 11.5. The van der Waals surface area contributed by atoms with Crippen LogP contribution in [-0.4, -0.2) is 39.4 Å². The van der Waals surface area contributed by atoms with E-state index in [-0.39, 0.29) is 0 Å². The number of rotatable bonds is 8. The van der Waals surface area contributed by atoms with Crippen molar-refractivity contribution in [3.8, 4) is 0 Å². The van der Waals surface area contributed by atoms with E-state index >= 15 is 0 Å². The molecule has 0 spiro atoms. The number of nitrogens with two attached hydrogens (primary N) is 1. The summed E-state index contributed by atoms with van der Waals surface area (Å²) < 4.78 is 10.2. The fourth-order valence-corrected chi connectivity index (χ4v) is 1.32. The van der Waals surface area contributed by atoms with Crippen molar-refractivity contribution in [2.45, 2.75) is 6.42 Å². The number of anilines is 1. The van der Waals surface area contributed by atoms with E-state index in [4.69, 9.17) is 15.2 Å². The lowest BCUT2D eigenvalue weighted by Crippen LogP contribution is -2.22. The van der Waals surface area contributed by atoms with Crippen LogP contribution in [0.1, 0.15) is 6.42 Å². The molecule has 0 heterocycles. The van der Waals surface area contributed by atoms with Crippen molar-refractivity contribution in [1.82, 2.24) is 0 Å². The highest BCUT2D eigenvalue weighted by Gasteiger charge is 1.93. The standard InChI is InChI=1S/C13H21N3O2/c1-17-10-11-18-9-5-8-15-13(14)16-12-6-3-2-4-7-12/h2-4,6-7H,5,8-11H2,1H3,(H3,14,15,16). The number of benzene rings is 1. The van der Waals surface area contributed by atoms with Crippen molar-refractivity contribution < 1.29 is 9.47 Å². The predicted molar refractivity (Wildman–Crippen MR) is 73.9 cm³/mol. The van der Waals surface area contributed by atoms with E-state index in [2.05, 4.69) is 10.3 Å². The molecule has 100 valence electrons. The van der Waals surface area contributed by atoms with Crippen LogP contribution in [0.25, 0.3) is 0 Å². The zero-order valence-electron chi connectivity index (χ0n) is 10.8. The Hall–Kier alpha value is -1.59. The number of ether oxygens (including phenoxy) is 2. The van der Waals surface area contributed by atoms with Gasteiger partial charge in [0.15, 0.2) is 5.96 Å². The molecular weight excluding hydrogens is 230 g/mol. The Bertz CT molecular complexity index is 341. The minimum Gasteiger partial charge on any atom is -0.382 e. The molecule has 0 saturated carbocycles. The number of guanidine groups is 1. The molecule has 0 unspecified atom stereocenters. The summed E-state index contributed by atoms with van der Waals surface area (Å²) in [5.74, 6) is 0.429. The molecule has 0 atom stereocenters. The number of para-hydroxylation sites is 1. The fourth-order valence-electron chi connectivity index (χ4n) is 1.32. The molecule has 0 radical (unpaired) electrons. The average Bonchev–Trinajstić information content (AvgIpc) is 2.39. The van der Waals surface area contributed by atoms with Crippen LogP contribution in [0, 0.1) is 0 Å². The molecule has 3 N–H and O–H groups in total. The Morgan fingerprint density at radius 1 is 1.22 bits per heavy atom. The minimum absolute atomic E-state index is 0.429. The summed E-state index contributed by atoms with van der Waals surface area (Å²) in [6, 6.07) is 9.72. The zero-order chi connectivity index (χ0) is 13.1. The van der Waals surface area contributed by atoms with Crippen molar-refractivity contribution in [3.05, 3.63) is 30.3 Å². The van der Waals surface area contributed by atoms with Crippen LogP contribution < -0.4 is 11.1 Å². The molecule has 0 aliphatic rings. The van der Waals surface area contributed by atoms with Crippen LogP contribution in [0.3, 0.4) is 0 Å². The molecule has 0 aliphatic carbocycles. The topological polar surface area (TPSA) is 68.9 Å². The van der Waals surface area contributed by atoms with Gasteiger partial charge in [-0.3, -0.25) is 4.99 Å². The van der Waals surface area contributed by atoms with E-state index in [1.165, 1.54) is 0 Å². The molecule has 1 aromatic carbocycles. The third kappa shape index (κ3) is 6.88. The number of hydrogen-bond acceptors (Lipinski definition) is 3. The highest BCUT2D eigenvalue weighted by Crippen LogP contribution is 2.03. The van der Waals surface area contributed by atoms with Gasteiger partial charge in [0.2, 0.25) is 0 Å². The number of nitrogens with one attached hydrogen (secondary N) is 1. The van der Waals surface area contributed by atoms with Gasteiger partial charge in [0.25, 0.3) is 0 Å². The van der Waals surface area contributed by atoms with E-state index < -0.39 is 0 Å². The SMILES string of the molecule is COCCOCCCN=C(N)Nc1ccccc1. The summed E-state index contributed by atoms with van der Waals surface area (Å²) in [6.07, 6.45) is 0.848. The lowest BCUT2D eigenvalue weighted by atomic mass is 10.3. The maximum absolute atomic E-state index is 5.75. The van der Waals surface area contributed by atoms with Gasteiger partial charge in [0, 0.05) is 25.9 Å². The second kappa shape index (κ2) is 9.44. The van der Waals surface area contributed by atoms with Crippen molar-refractivity contribution in [1.29, 1.82) is 0 Å². The van der Waals surface area contributed by atoms with Crippen LogP contribution in [-0.2, 0) is 9.47 Å². The monoisotopic (exact) mass is 251 g/mol. The molecule has 0 saturated heterocycles. The zero-order valence-corrected chi connectivity index (χ0v) is 10.8. The first-order valence-corrected chi connectivity index (χ1v) is 6.01. The smallest absolute Gasteiger partial charge is 0.193 e. The molecule has 1 aromatic rings. The Morgan fingerprint density at radius 3 is 2.72 bits per heavy atom. The first-order chi connectivity index (χ1) is 8.83. The molecular formula is C13H21N3O2. The van der Waals surface area contributed by atoms with Gasteiger partial charge in [-0.05, 0) is 18.6 Å². The predicted octanol–water partition coefficient (Wildman–Crippen LogP) is 1.47. The minimum atomic E-state index is 0.429. The number of aliphatic imine (C=N–C) groups is 1. The van der Waals surface area contributed by atoms with Crippen molar-refractivity contribution in [2.75, 3.05) is 38.8 Å². The quantitative estimate of drug-likeness (QED) is 0.417. The lowest BCUT2D eigenvalue weighted by Gasteiger charge is -2.05. The Morgan fingerprint density at radius 2 is 2.00 bits per heavy atom. The molecule has 1 rings (SSSR count). The van der Waals surface area contributed by atoms with Gasteiger partial charge in [0.05, 0.1) is 13.2 Å². The van der Waals surface area contributed by atoms with E-state index in [1.807, 2.05) is 30.3 Å².